The number of Topliss-reactive ketones (excluding diaryl/α,β-unsaturated/α-hetero) is 1. The topological polar surface area (TPSA) is 80.0 Å². The number of rotatable bonds is 4. The third-order valence-electron chi connectivity index (χ3n) is 5.04. The summed E-state index contributed by atoms with van der Waals surface area (Å²) in [5.74, 6) is -1.18. The molecule has 6 nitrogen and oxygen atoms in total. The molecule has 1 aliphatic rings. The second-order valence-electron chi connectivity index (χ2n) is 6.82. The number of aliphatic hydroxyl groups excluding tert-OH is 1. The Labute approximate surface area is 177 Å². The highest BCUT2D eigenvalue weighted by Gasteiger charge is 2.48. The number of para-hydroxylation sites is 1. The largest absolute Gasteiger partial charge is 0.507 e. The lowest BCUT2D eigenvalue weighted by Crippen LogP contribution is -2.29. The standard InChI is InChI=1S/C23H18ClNO5/c1-13-12-14(24)9-10-16(13)25-20(18-8-5-11-30-18)19(22(27)23(25)28)21(26)15-6-3-4-7-17(15)29-2/h3-12,20,26H,1-2H3/b21-19-. The van der Waals surface area contributed by atoms with Crippen molar-refractivity contribution in [3.8, 4) is 5.75 Å². The van der Waals surface area contributed by atoms with Crippen molar-refractivity contribution in [3.05, 3.63) is 88.3 Å². The Kier molecular flexibility index (Phi) is 5.10. The molecule has 2 heterocycles. The van der Waals surface area contributed by atoms with E-state index in [0.717, 1.165) is 0 Å². The summed E-state index contributed by atoms with van der Waals surface area (Å²) < 4.78 is 10.9. The van der Waals surface area contributed by atoms with E-state index in [9.17, 15) is 14.7 Å². The maximum atomic E-state index is 13.1. The first-order valence-corrected chi connectivity index (χ1v) is 9.55. The molecule has 1 N–H and O–H groups in total. The summed E-state index contributed by atoms with van der Waals surface area (Å²) in [6.45, 7) is 1.79. The fourth-order valence-electron chi connectivity index (χ4n) is 3.67. The van der Waals surface area contributed by atoms with Crippen LogP contribution in [0.4, 0.5) is 5.69 Å². The maximum Gasteiger partial charge on any atom is 0.300 e. The summed E-state index contributed by atoms with van der Waals surface area (Å²) in [4.78, 5) is 27.5. The minimum Gasteiger partial charge on any atom is -0.507 e. The third-order valence-corrected chi connectivity index (χ3v) is 5.27. The van der Waals surface area contributed by atoms with Gasteiger partial charge < -0.3 is 14.3 Å². The van der Waals surface area contributed by atoms with Crippen LogP contribution in [0.3, 0.4) is 0 Å². The van der Waals surface area contributed by atoms with Crippen molar-refractivity contribution in [2.75, 3.05) is 12.0 Å². The van der Waals surface area contributed by atoms with Crippen molar-refractivity contribution >= 4 is 34.7 Å². The van der Waals surface area contributed by atoms with Crippen LogP contribution in [0, 0.1) is 6.92 Å². The quantitative estimate of drug-likeness (QED) is 0.367. The monoisotopic (exact) mass is 423 g/mol. The van der Waals surface area contributed by atoms with Crippen molar-refractivity contribution in [2.45, 2.75) is 13.0 Å². The van der Waals surface area contributed by atoms with E-state index in [-0.39, 0.29) is 11.3 Å². The fraction of sp³-hybridized carbons (Fsp3) is 0.130. The van der Waals surface area contributed by atoms with Gasteiger partial charge in [0.25, 0.3) is 11.7 Å². The Bertz CT molecular complexity index is 1170. The first-order valence-electron chi connectivity index (χ1n) is 9.18. The number of nitrogens with zero attached hydrogens (tertiary/aromatic N) is 1. The number of halogens is 1. The van der Waals surface area contributed by atoms with Gasteiger partial charge in [0, 0.05) is 10.7 Å². The average molecular weight is 424 g/mol. The van der Waals surface area contributed by atoms with E-state index in [4.69, 9.17) is 20.8 Å². The molecule has 1 saturated heterocycles. The average Bonchev–Trinajstić information content (AvgIpc) is 3.35. The number of aliphatic hydroxyl groups is 1. The number of aryl methyl sites for hydroxylation is 1. The Morgan fingerprint density at radius 3 is 2.57 bits per heavy atom. The van der Waals surface area contributed by atoms with E-state index < -0.39 is 17.7 Å². The Balaban J connectivity index is 1.97. The lowest BCUT2D eigenvalue weighted by atomic mass is 9.98. The molecule has 1 amide bonds. The van der Waals surface area contributed by atoms with Crippen LogP contribution in [0.2, 0.25) is 5.02 Å². The lowest BCUT2D eigenvalue weighted by molar-refractivity contribution is -0.132. The van der Waals surface area contributed by atoms with Crippen LogP contribution < -0.4 is 9.64 Å². The van der Waals surface area contributed by atoms with Gasteiger partial charge in [0.2, 0.25) is 0 Å². The van der Waals surface area contributed by atoms with Crippen LogP contribution in [-0.2, 0) is 9.59 Å². The number of methoxy groups -OCH3 is 1. The van der Waals surface area contributed by atoms with Crippen molar-refractivity contribution in [1.29, 1.82) is 0 Å². The summed E-state index contributed by atoms with van der Waals surface area (Å²) in [6.07, 6.45) is 1.45. The number of carbonyl (C=O) groups excluding carboxylic acids is 2. The Morgan fingerprint density at radius 2 is 1.90 bits per heavy atom. The van der Waals surface area contributed by atoms with E-state index in [1.165, 1.54) is 18.3 Å². The lowest BCUT2D eigenvalue weighted by Gasteiger charge is -2.25. The SMILES string of the molecule is COc1ccccc1/C(O)=C1/C(=O)C(=O)N(c2ccc(Cl)cc2C)C1c1ccco1. The van der Waals surface area contributed by atoms with E-state index in [1.54, 1.807) is 61.5 Å². The van der Waals surface area contributed by atoms with Gasteiger partial charge in [-0.3, -0.25) is 14.5 Å². The molecule has 1 atom stereocenters. The van der Waals surface area contributed by atoms with Gasteiger partial charge >= 0.3 is 0 Å². The smallest absolute Gasteiger partial charge is 0.300 e. The molecule has 152 valence electrons. The van der Waals surface area contributed by atoms with Crippen LogP contribution >= 0.6 is 11.6 Å². The predicted octanol–water partition coefficient (Wildman–Crippen LogP) is 4.88. The Hall–Kier alpha value is -3.51. The Morgan fingerprint density at radius 1 is 1.13 bits per heavy atom. The first-order chi connectivity index (χ1) is 14.4. The highest BCUT2D eigenvalue weighted by Crippen LogP contribution is 2.44. The number of ether oxygens (including phenoxy) is 1. The number of anilines is 1. The van der Waals surface area contributed by atoms with Crippen molar-refractivity contribution in [3.63, 3.8) is 0 Å². The number of hydrogen-bond donors (Lipinski definition) is 1. The molecule has 0 spiro atoms. The van der Waals surface area contributed by atoms with Crippen LogP contribution in [0.5, 0.6) is 5.75 Å². The van der Waals surface area contributed by atoms with Gasteiger partial charge in [0.1, 0.15) is 23.3 Å². The molecule has 4 rings (SSSR count). The molecule has 7 heteroatoms. The van der Waals surface area contributed by atoms with Gasteiger partial charge in [-0.2, -0.15) is 0 Å². The molecule has 1 aromatic heterocycles. The molecule has 1 unspecified atom stereocenters. The van der Waals surface area contributed by atoms with Gasteiger partial charge in [-0.05, 0) is 55.0 Å². The van der Waals surface area contributed by atoms with Gasteiger partial charge in [-0.25, -0.2) is 0 Å². The molecule has 0 bridgehead atoms. The second kappa shape index (κ2) is 7.72. The molecule has 2 aromatic carbocycles. The zero-order valence-electron chi connectivity index (χ0n) is 16.3. The molecular weight excluding hydrogens is 406 g/mol. The summed E-state index contributed by atoms with van der Waals surface area (Å²) in [6, 6.07) is 14.1. The highest BCUT2D eigenvalue weighted by atomic mass is 35.5. The normalized spacial score (nSPS) is 18.1. The van der Waals surface area contributed by atoms with Crippen LogP contribution in [0.1, 0.15) is 22.9 Å². The molecule has 0 radical (unpaired) electrons. The zero-order chi connectivity index (χ0) is 21.4. The number of hydrogen-bond acceptors (Lipinski definition) is 5. The van der Waals surface area contributed by atoms with E-state index in [2.05, 4.69) is 0 Å². The third kappa shape index (κ3) is 3.15. The van der Waals surface area contributed by atoms with Crippen LogP contribution in [0.15, 0.2) is 70.9 Å². The molecule has 1 fully saturated rings. The minimum absolute atomic E-state index is 0.0752. The van der Waals surface area contributed by atoms with E-state index in [0.29, 0.717) is 33.3 Å². The van der Waals surface area contributed by atoms with E-state index in [1.807, 2.05) is 0 Å². The van der Waals surface area contributed by atoms with Gasteiger partial charge in [-0.15, -0.1) is 0 Å². The van der Waals surface area contributed by atoms with Gasteiger partial charge in [0.05, 0.1) is 24.5 Å². The molecule has 0 saturated carbocycles. The summed E-state index contributed by atoms with van der Waals surface area (Å²) >= 11 is 6.07. The molecule has 30 heavy (non-hydrogen) atoms. The first kappa shape index (κ1) is 19.8. The highest BCUT2D eigenvalue weighted by molar-refractivity contribution is 6.51. The molecule has 1 aliphatic heterocycles. The number of ketones is 1. The van der Waals surface area contributed by atoms with Crippen molar-refractivity contribution in [2.24, 2.45) is 0 Å². The van der Waals surface area contributed by atoms with E-state index >= 15 is 0 Å². The predicted molar refractivity (Wildman–Crippen MR) is 113 cm³/mol. The van der Waals surface area contributed by atoms with Crippen LogP contribution in [0.25, 0.3) is 5.76 Å². The summed E-state index contributed by atoms with van der Waals surface area (Å²) in [5.41, 5.74) is 1.44. The van der Waals surface area contributed by atoms with Crippen molar-refractivity contribution in [1.82, 2.24) is 0 Å². The summed E-state index contributed by atoms with van der Waals surface area (Å²) in [7, 11) is 1.46. The second-order valence-corrected chi connectivity index (χ2v) is 7.25. The minimum atomic E-state index is -0.940. The number of amides is 1. The number of furan rings is 1. The fourth-order valence-corrected chi connectivity index (χ4v) is 3.90. The molecule has 0 aliphatic carbocycles. The van der Waals surface area contributed by atoms with Gasteiger partial charge in [0.15, 0.2) is 0 Å². The van der Waals surface area contributed by atoms with Crippen molar-refractivity contribution < 1.29 is 23.8 Å². The summed E-state index contributed by atoms with van der Waals surface area (Å²) in [5, 5.41) is 11.6. The molecular formula is C23H18ClNO5. The molecule has 3 aromatic rings. The van der Waals surface area contributed by atoms with Gasteiger partial charge in [-0.1, -0.05) is 23.7 Å². The zero-order valence-corrected chi connectivity index (χ0v) is 17.0. The number of carbonyl (C=O) groups is 2. The number of benzene rings is 2. The maximum absolute atomic E-state index is 13.1. The van der Waals surface area contributed by atoms with Crippen LogP contribution in [-0.4, -0.2) is 23.9 Å².